The number of carbonyl (C=O) groups is 1. The van der Waals surface area contributed by atoms with Crippen molar-refractivity contribution in [2.24, 2.45) is 0 Å². The fourth-order valence-corrected chi connectivity index (χ4v) is 5.02. The molecule has 1 aromatic heterocycles. The molecule has 4 atom stereocenters. The van der Waals surface area contributed by atoms with Crippen molar-refractivity contribution < 1.29 is 23.7 Å². The molecule has 2 aromatic rings. The van der Waals surface area contributed by atoms with E-state index in [1.54, 1.807) is 29.8 Å². The van der Waals surface area contributed by atoms with Crippen LogP contribution in [0.5, 0.6) is 0 Å². The van der Waals surface area contributed by atoms with Crippen molar-refractivity contribution in [3.8, 4) is 0 Å². The molecule has 2 aliphatic rings. The van der Waals surface area contributed by atoms with E-state index < -0.39 is 29.4 Å². The molecule has 2 saturated heterocycles. The standard InChI is InChI=1S/C27H36N2O6S/c1-5-7-13-32-16-27-17-34-21(22(27)33-14-8-6-2)25(35-27)28-15-19(4)23(30)29(26(28)36)24(31)20-11-9-18(3)10-12-20/h9-12,15,21-22,25H,5-8,13-14,16-17H2,1-4H3/t21-,22?,25+,27+/m0/s1. The molecule has 1 aromatic carbocycles. The van der Waals surface area contributed by atoms with Gasteiger partial charge in [0.1, 0.15) is 17.8 Å². The summed E-state index contributed by atoms with van der Waals surface area (Å²) in [4.78, 5) is 26.4. The highest BCUT2D eigenvalue weighted by atomic mass is 32.1. The Labute approximate surface area is 217 Å². The SMILES string of the molecule is CCCCOC[C@@]12CO[C@@H](C1OCCCC)[C@H](n1cc(C)c(=O)n(C(=O)c3ccc(C)cc3)c1=S)O2. The second kappa shape index (κ2) is 11.5. The molecule has 36 heavy (non-hydrogen) atoms. The lowest BCUT2D eigenvalue weighted by Gasteiger charge is -2.32. The monoisotopic (exact) mass is 516 g/mol. The Bertz CT molecular complexity index is 1190. The highest BCUT2D eigenvalue weighted by molar-refractivity contribution is 7.71. The number of benzene rings is 1. The van der Waals surface area contributed by atoms with E-state index in [2.05, 4.69) is 13.8 Å². The first kappa shape index (κ1) is 26.9. The second-order valence-electron chi connectivity index (χ2n) is 9.71. The summed E-state index contributed by atoms with van der Waals surface area (Å²) in [5, 5.41) is 0. The summed E-state index contributed by atoms with van der Waals surface area (Å²) in [7, 11) is 0. The molecule has 1 unspecified atom stereocenters. The molecule has 0 aliphatic carbocycles. The smallest absolute Gasteiger partial charge is 0.267 e. The quantitative estimate of drug-likeness (QED) is 0.324. The first-order valence-electron chi connectivity index (χ1n) is 12.8. The van der Waals surface area contributed by atoms with Crippen LogP contribution >= 0.6 is 12.2 Å². The van der Waals surface area contributed by atoms with Crippen LogP contribution in [0.15, 0.2) is 35.3 Å². The van der Waals surface area contributed by atoms with Gasteiger partial charge in [0.05, 0.1) is 13.2 Å². The average Bonchev–Trinajstić information content (AvgIpc) is 3.36. The number of carbonyl (C=O) groups excluding carboxylic acids is 1. The predicted molar refractivity (Wildman–Crippen MR) is 138 cm³/mol. The maximum atomic E-state index is 13.3. The van der Waals surface area contributed by atoms with Gasteiger partial charge in [0.25, 0.3) is 11.5 Å². The number of unbranched alkanes of at least 4 members (excludes halogenated alkanes) is 2. The summed E-state index contributed by atoms with van der Waals surface area (Å²) >= 11 is 5.69. The van der Waals surface area contributed by atoms with Crippen molar-refractivity contribution in [3.63, 3.8) is 0 Å². The van der Waals surface area contributed by atoms with Crippen molar-refractivity contribution in [1.82, 2.24) is 9.13 Å². The lowest BCUT2D eigenvalue weighted by Crippen LogP contribution is -2.46. The lowest BCUT2D eigenvalue weighted by atomic mass is 10.00. The average molecular weight is 517 g/mol. The third-order valence-electron chi connectivity index (χ3n) is 6.82. The van der Waals surface area contributed by atoms with E-state index in [-0.39, 0.29) is 10.9 Å². The Morgan fingerprint density at radius 3 is 2.53 bits per heavy atom. The number of hydrogen-bond donors (Lipinski definition) is 0. The normalized spacial score (nSPS) is 24.9. The van der Waals surface area contributed by atoms with E-state index in [4.69, 9.17) is 31.2 Å². The van der Waals surface area contributed by atoms with Gasteiger partial charge < -0.3 is 18.9 Å². The van der Waals surface area contributed by atoms with Gasteiger partial charge in [-0.1, -0.05) is 44.4 Å². The third kappa shape index (κ3) is 5.13. The Morgan fingerprint density at radius 1 is 1.14 bits per heavy atom. The van der Waals surface area contributed by atoms with Crippen LogP contribution in [0.3, 0.4) is 0 Å². The van der Waals surface area contributed by atoms with E-state index in [1.807, 2.05) is 19.1 Å². The zero-order chi connectivity index (χ0) is 25.9. The van der Waals surface area contributed by atoms with E-state index in [0.717, 1.165) is 35.8 Å². The molecule has 8 nitrogen and oxygen atoms in total. The molecule has 4 rings (SSSR count). The van der Waals surface area contributed by atoms with Crippen LogP contribution < -0.4 is 5.56 Å². The van der Waals surface area contributed by atoms with E-state index in [9.17, 15) is 9.59 Å². The van der Waals surface area contributed by atoms with Gasteiger partial charge in [0.2, 0.25) is 0 Å². The third-order valence-corrected chi connectivity index (χ3v) is 7.21. The zero-order valence-electron chi connectivity index (χ0n) is 21.5. The molecule has 2 aliphatic heterocycles. The lowest BCUT2D eigenvalue weighted by molar-refractivity contribution is -0.195. The Balaban J connectivity index is 1.69. The zero-order valence-corrected chi connectivity index (χ0v) is 22.3. The van der Waals surface area contributed by atoms with E-state index in [0.29, 0.717) is 37.6 Å². The van der Waals surface area contributed by atoms with Crippen LogP contribution in [0, 0.1) is 18.6 Å². The Kier molecular flexibility index (Phi) is 8.57. The van der Waals surface area contributed by atoms with Crippen molar-refractivity contribution in [3.05, 3.63) is 62.3 Å². The van der Waals surface area contributed by atoms with Crippen molar-refractivity contribution >= 4 is 18.1 Å². The summed E-state index contributed by atoms with van der Waals surface area (Å²) in [5.74, 6) is -0.472. The number of rotatable bonds is 11. The van der Waals surface area contributed by atoms with Crippen molar-refractivity contribution in [2.45, 2.75) is 77.4 Å². The number of aromatic nitrogens is 2. The van der Waals surface area contributed by atoms with Crippen LogP contribution in [-0.2, 0) is 18.9 Å². The van der Waals surface area contributed by atoms with Crippen LogP contribution in [0.2, 0.25) is 0 Å². The number of fused-ring (bicyclic) bond motifs is 2. The summed E-state index contributed by atoms with van der Waals surface area (Å²) in [5.41, 5.74) is 0.565. The summed E-state index contributed by atoms with van der Waals surface area (Å²) in [6, 6.07) is 7.06. The summed E-state index contributed by atoms with van der Waals surface area (Å²) in [6.45, 7) is 9.74. The van der Waals surface area contributed by atoms with Crippen LogP contribution in [0.25, 0.3) is 0 Å². The predicted octanol–water partition coefficient (Wildman–Crippen LogP) is 4.35. The second-order valence-corrected chi connectivity index (χ2v) is 10.1. The van der Waals surface area contributed by atoms with Crippen LogP contribution in [0.1, 0.15) is 67.2 Å². The molecule has 3 heterocycles. The molecule has 0 saturated carbocycles. The summed E-state index contributed by atoms with van der Waals surface area (Å²) in [6.07, 6.45) is 4.15. The van der Waals surface area contributed by atoms with Gasteiger partial charge in [-0.05, 0) is 51.0 Å². The Morgan fingerprint density at radius 2 is 1.83 bits per heavy atom. The maximum Gasteiger partial charge on any atom is 0.267 e. The first-order valence-corrected chi connectivity index (χ1v) is 13.2. The molecule has 0 radical (unpaired) electrons. The molecule has 9 heteroatoms. The molecule has 0 spiro atoms. The van der Waals surface area contributed by atoms with E-state index in [1.165, 1.54) is 0 Å². The van der Waals surface area contributed by atoms with Gasteiger partial charge in [0.15, 0.2) is 11.0 Å². The molecule has 0 amide bonds. The van der Waals surface area contributed by atoms with Crippen molar-refractivity contribution in [2.75, 3.05) is 26.4 Å². The van der Waals surface area contributed by atoms with Gasteiger partial charge in [-0.3, -0.25) is 14.2 Å². The van der Waals surface area contributed by atoms with Crippen molar-refractivity contribution in [1.29, 1.82) is 0 Å². The minimum absolute atomic E-state index is 0.0617. The summed E-state index contributed by atoms with van der Waals surface area (Å²) < 4.78 is 27.8. The fourth-order valence-electron chi connectivity index (χ4n) is 4.70. The van der Waals surface area contributed by atoms with Crippen LogP contribution in [0.4, 0.5) is 0 Å². The highest BCUT2D eigenvalue weighted by Gasteiger charge is 2.63. The van der Waals surface area contributed by atoms with Gasteiger partial charge in [-0.2, -0.15) is 0 Å². The Hall–Kier alpha value is -2.17. The van der Waals surface area contributed by atoms with Gasteiger partial charge >= 0.3 is 0 Å². The minimum Gasteiger partial charge on any atom is -0.378 e. The van der Waals surface area contributed by atoms with E-state index >= 15 is 0 Å². The van der Waals surface area contributed by atoms with Gasteiger partial charge in [0, 0.05) is 30.5 Å². The first-order chi connectivity index (χ1) is 17.3. The number of ether oxygens (including phenoxy) is 4. The highest BCUT2D eigenvalue weighted by Crippen LogP contribution is 2.47. The number of hydrogen-bond acceptors (Lipinski definition) is 7. The minimum atomic E-state index is -0.776. The molecular weight excluding hydrogens is 480 g/mol. The number of nitrogens with zero attached hydrogens (tertiary/aromatic N) is 2. The van der Waals surface area contributed by atoms with Crippen LogP contribution in [-0.4, -0.2) is 59.3 Å². The molecule has 0 N–H and O–H groups in total. The molecule has 2 bridgehead atoms. The topological polar surface area (TPSA) is 80.9 Å². The number of aryl methyl sites for hydroxylation is 2. The van der Waals surface area contributed by atoms with Gasteiger partial charge in [-0.25, -0.2) is 4.57 Å². The maximum absolute atomic E-state index is 13.3. The fraction of sp³-hybridized carbons (Fsp3) is 0.593. The molecule has 196 valence electrons. The molecular formula is C27H36N2O6S. The largest absolute Gasteiger partial charge is 0.378 e. The van der Waals surface area contributed by atoms with Gasteiger partial charge in [-0.15, -0.1) is 0 Å². The molecule has 2 fully saturated rings.